The van der Waals surface area contributed by atoms with Gasteiger partial charge < -0.3 is 24.6 Å². The lowest BCUT2D eigenvalue weighted by Gasteiger charge is -2.23. The van der Waals surface area contributed by atoms with Crippen LogP contribution in [0.15, 0.2) is 30.3 Å². The summed E-state index contributed by atoms with van der Waals surface area (Å²) in [6.07, 6.45) is -2.47. The maximum absolute atomic E-state index is 11.9. The molecule has 0 aromatic heterocycles. The second kappa shape index (κ2) is 5.38. The van der Waals surface area contributed by atoms with Gasteiger partial charge in [0.05, 0.1) is 0 Å². The Hall–Kier alpha value is -1.47. The fraction of sp³-hybridized carbons (Fsp3) is 0.533. The molecule has 2 aliphatic rings. The molecule has 0 aliphatic carbocycles. The van der Waals surface area contributed by atoms with Gasteiger partial charge in [0, 0.05) is 12.1 Å². The molecule has 6 nitrogen and oxygen atoms in total. The van der Waals surface area contributed by atoms with Crippen molar-refractivity contribution in [3.05, 3.63) is 35.9 Å². The lowest BCUT2D eigenvalue weighted by molar-refractivity contribution is -0.213. The van der Waals surface area contributed by atoms with Crippen molar-refractivity contribution in [1.29, 1.82) is 0 Å². The molecule has 0 unspecified atom stereocenters. The average molecular weight is 293 g/mol. The van der Waals surface area contributed by atoms with Gasteiger partial charge in [0.15, 0.2) is 12.1 Å². The molecule has 0 spiro atoms. The molecule has 0 radical (unpaired) electrons. The van der Waals surface area contributed by atoms with Crippen LogP contribution in [0.1, 0.15) is 24.2 Å². The zero-order chi connectivity index (χ0) is 15.0. The van der Waals surface area contributed by atoms with E-state index in [1.54, 1.807) is 38.1 Å². The molecule has 114 valence electrons. The highest BCUT2D eigenvalue weighted by molar-refractivity contribution is 5.94. The maximum atomic E-state index is 11.9. The van der Waals surface area contributed by atoms with Crippen LogP contribution in [0.2, 0.25) is 0 Å². The fourth-order valence-electron chi connectivity index (χ4n) is 2.61. The van der Waals surface area contributed by atoms with Crippen molar-refractivity contribution in [1.82, 2.24) is 5.32 Å². The monoisotopic (exact) mass is 293 g/mol. The normalized spacial score (nSPS) is 33.7. The van der Waals surface area contributed by atoms with Gasteiger partial charge in [0.2, 0.25) is 0 Å². The van der Waals surface area contributed by atoms with Crippen molar-refractivity contribution < 1.29 is 24.1 Å². The van der Waals surface area contributed by atoms with E-state index in [4.69, 9.17) is 14.2 Å². The van der Waals surface area contributed by atoms with Crippen LogP contribution in [0, 0.1) is 0 Å². The summed E-state index contributed by atoms with van der Waals surface area (Å²) in [5, 5.41) is 12.9. The highest BCUT2D eigenvalue weighted by Gasteiger charge is 2.54. The van der Waals surface area contributed by atoms with Crippen LogP contribution >= 0.6 is 0 Å². The predicted octanol–water partition coefficient (Wildman–Crippen LogP) is 0.654. The third kappa shape index (κ3) is 2.94. The molecular formula is C15H19NO5. The first-order valence-electron chi connectivity index (χ1n) is 6.99. The number of nitrogens with one attached hydrogen (secondary N) is 1. The Kier molecular flexibility index (Phi) is 3.71. The molecular weight excluding hydrogens is 274 g/mol. The van der Waals surface area contributed by atoms with E-state index < -0.39 is 30.4 Å². The van der Waals surface area contributed by atoms with Crippen LogP contribution in [0.5, 0.6) is 0 Å². The number of ether oxygens (including phenoxy) is 3. The molecule has 4 atom stereocenters. The topological polar surface area (TPSA) is 77.0 Å². The molecule has 3 rings (SSSR count). The summed E-state index contributed by atoms with van der Waals surface area (Å²) in [6, 6.07) is 8.89. The Morgan fingerprint density at radius 2 is 2.00 bits per heavy atom. The maximum Gasteiger partial charge on any atom is 0.251 e. The molecule has 2 heterocycles. The number of hydrogen-bond acceptors (Lipinski definition) is 5. The van der Waals surface area contributed by atoms with Crippen molar-refractivity contribution in [3.8, 4) is 0 Å². The first-order valence-corrected chi connectivity index (χ1v) is 6.99. The van der Waals surface area contributed by atoms with Crippen LogP contribution in [-0.4, -0.2) is 47.9 Å². The first-order chi connectivity index (χ1) is 9.96. The molecule has 2 N–H and O–H groups in total. The third-order valence-electron chi connectivity index (χ3n) is 3.61. The Morgan fingerprint density at radius 3 is 2.67 bits per heavy atom. The van der Waals surface area contributed by atoms with E-state index in [0.717, 1.165) is 0 Å². The molecule has 1 aromatic carbocycles. The fourth-order valence-corrected chi connectivity index (χ4v) is 2.61. The second-order valence-electron chi connectivity index (χ2n) is 5.71. The molecule has 2 saturated heterocycles. The summed E-state index contributed by atoms with van der Waals surface area (Å²) < 4.78 is 16.8. The van der Waals surface area contributed by atoms with Crippen molar-refractivity contribution in [2.75, 3.05) is 6.54 Å². The van der Waals surface area contributed by atoms with E-state index in [0.29, 0.717) is 5.56 Å². The van der Waals surface area contributed by atoms with Gasteiger partial charge in [-0.1, -0.05) is 18.2 Å². The second-order valence-corrected chi connectivity index (χ2v) is 5.71. The largest absolute Gasteiger partial charge is 0.387 e. The molecule has 1 aromatic rings. The van der Waals surface area contributed by atoms with Crippen molar-refractivity contribution in [2.24, 2.45) is 0 Å². The number of aliphatic hydroxyl groups is 1. The molecule has 1 amide bonds. The standard InChI is InChI=1S/C15H19NO5/c1-15(2)20-12-11(17)10(19-14(12)21-15)8-16-13(18)9-6-4-3-5-7-9/h3-7,10-12,14,17H,8H2,1-2H3,(H,16,18)/t10-,11-,12+,14+/m0/s1. The van der Waals surface area contributed by atoms with E-state index >= 15 is 0 Å². The zero-order valence-electron chi connectivity index (χ0n) is 12.0. The van der Waals surface area contributed by atoms with Gasteiger partial charge in [-0.2, -0.15) is 0 Å². The molecule has 6 heteroatoms. The summed E-state index contributed by atoms with van der Waals surface area (Å²) in [6.45, 7) is 3.75. The van der Waals surface area contributed by atoms with Crippen molar-refractivity contribution in [3.63, 3.8) is 0 Å². The molecule has 2 aliphatic heterocycles. The number of rotatable bonds is 3. The summed E-state index contributed by atoms with van der Waals surface area (Å²) in [7, 11) is 0. The van der Waals surface area contributed by atoms with Crippen LogP contribution in [0.3, 0.4) is 0 Å². The van der Waals surface area contributed by atoms with Gasteiger partial charge >= 0.3 is 0 Å². The Balaban J connectivity index is 1.55. The highest BCUT2D eigenvalue weighted by atomic mass is 16.8. The summed E-state index contributed by atoms with van der Waals surface area (Å²) in [5.74, 6) is -0.959. The predicted molar refractivity (Wildman–Crippen MR) is 73.5 cm³/mol. The minimum absolute atomic E-state index is 0.203. The van der Waals surface area contributed by atoms with E-state index in [1.807, 2.05) is 6.07 Å². The van der Waals surface area contributed by atoms with Gasteiger partial charge in [-0.25, -0.2) is 0 Å². The Labute approximate surface area is 123 Å². The van der Waals surface area contributed by atoms with Gasteiger partial charge in [-0.15, -0.1) is 0 Å². The SMILES string of the molecule is CC1(C)O[C@H]2O[C@@H](CNC(=O)c3ccccc3)[C@H](O)[C@H]2O1. The summed E-state index contributed by atoms with van der Waals surface area (Å²) >= 11 is 0. The number of carbonyl (C=O) groups is 1. The first kappa shape index (κ1) is 14.5. The smallest absolute Gasteiger partial charge is 0.251 e. The van der Waals surface area contributed by atoms with Gasteiger partial charge in [-0.05, 0) is 26.0 Å². The number of aliphatic hydroxyl groups excluding tert-OH is 1. The van der Waals surface area contributed by atoms with E-state index in [2.05, 4.69) is 5.32 Å². The van der Waals surface area contributed by atoms with Crippen molar-refractivity contribution >= 4 is 5.91 Å². The van der Waals surface area contributed by atoms with Crippen molar-refractivity contribution in [2.45, 2.75) is 44.2 Å². The summed E-state index contributed by atoms with van der Waals surface area (Å²) in [5.41, 5.74) is 0.568. The van der Waals surface area contributed by atoms with Gasteiger partial charge in [0.25, 0.3) is 5.91 Å². The Morgan fingerprint density at radius 1 is 1.29 bits per heavy atom. The molecule has 21 heavy (non-hydrogen) atoms. The van der Waals surface area contributed by atoms with Crippen LogP contribution in [-0.2, 0) is 14.2 Å². The van der Waals surface area contributed by atoms with Crippen LogP contribution in [0.25, 0.3) is 0 Å². The van der Waals surface area contributed by atoms with Gasteiger partial charge in [-0.3, -0.25) is 4.79 Å². The van der Waals surface area contributed by atoms with Crippen LogP contribution in [0.4, 0.5) is 0 Å². The van der Waals surface area contributed by atoms with Gasteiger partial charge in [0.1, 0.15) is 18.3 Å². The molecule has 0 saturated carbocycles. The number of amides is 1. The van der Waals surface area contributed by atoms with Crippen LogP contribution < -0.4 is 5.32 Å². The number of fused-ring (bicyclic) bond motifs is 1. The molecule has 0 bridgehead atoms. The number of benzene rings is 1. The zero-order valence-corrected chi connectivity index (χ0v) is 12.0. The third-order valence-corrected chi connectivity index (χ3v) is 3.61. The summed E-state index contributed by atoms with van der Waals surface area (Å²) in [4.78, 5) is 11.9. The Bertz CT molecular complexity index is 518. The van der Waals surface area contributed by atoms with E-state index in [9.17, 15) is 9.90 Å². The quantitative estimate of drug-likeness (QED) is 0.856. The van der Waals surface area contributed by atoms with E-state index in [1.165, 1.54) is 0 Å². The molecule has 2 fully saturated rings. The average Bonchev–Trinajstić information content (AvgIpc) is 2.91. The minimum Gasteiger partial charge on any atom is -0.387 e. The lowest BCUT2D eigenvalue weighted by Crippen LogP contribution is -2.41. The lowest BCUT2D eigenvalue weighted by atomic mass is 10.1. The number of hydrogen-bond donors (Lipinski definition) is 2. The number of carbonyl (C=O) groups excluding carboxylic acids is 1. The van der Waals surface area contributed by atoms with E-state index in [-0.39, 0.29) is 12.5 Å². The highest BCUT2D eigenvalue weighted by Crippen LogP contribution is 2.37. The minimum atomic E-state index is -0.826.